The SMILES string of the molecule is CC(C(=O)Nc1cccc2ncccc12)N1CCCC1. The van der Waals surface area contributed by atoms with Crippen LogP contribution >= 0.6 is 0 Å². The van der Waals surface area contributed by atoms with Crippen LogP contribution in [0.5, 0.6) is 0 Å². The minimum Gasteiger partial charge on any atom is -0.324 e. The topological polar surface area (TPSA) is 45.2 Å². The van der Waals surface area contributed by atoms with Crippen molar-refractivity contribution in [3.63, 3.8) is 0 Å². The molecule has 1 amide bonds. The van der Waals surface area contributed by atoms with Crippen molar-refractivity contribution in [3.05, 3.63) is 36.5 Å². The van der Waals surface area contributed by atoms with E-state index in [9.17, 15) is 4.79 Å². The molecule has 2 heterocycles. The first kappa shape index (κ1) is 13.1. The summed E-state index contributed by atoms with van der Waals surface area (Å²) in [6.07, 6.45) is 4.15. The van der Waals surface area contributed by atoms with E-state index in [-0.39, 0.29) is 11.9 Å². The van der Waals surface area contributed by atoms with Crippen LogP contribution in [0, 0.1) is 0 Å². The number of carbonyl (C=O) groups is 1. The smallest absolute Gasteiger partial charge is 0.241 e. The van der Waals surface area contributed by atoms with Gasteiger partial charge in [-0.3, -0.25) is 14.7 Å². The number of carbonyl (C=O) groups excluding carboxylic acids is 1. The molecule has 104 valence electrons. The summed E-state index contributed by atoms with van der Waals surface area (Å²) in [7, 11) is 0. The Morgan fingerprint density at radius 3 is 2.85 bits per heavy atom. The molecule has 0 aliphatic carbocycles. The number of rotatable bonds is 3. The van der Waals surface area contributed by atoms with Crippen LogP contribution in [0.2, 0.25) is 0 Å². The Bertz CT molecular complexity index is 615. The van der Waals surface area contributed by atoms with Gasteiger partial charge in [0.2, 0.25) is 5.91 Å². The fraction of sp³-hybridized carbons (Fsp3) is 0.375. The largest absolute Gasteiger partial charge is 0.324 e. The number of anilines is 1. The van der Waals surface area contributed by atoms with Gasteiger partial charge in [0.05, 0.1) is 17.2 Å². The minimum absolute atomic E-state index is 0.0586. The van der Waals surface area contributed by atoms with Crippen LogP contribution in [0.3, 0.4) is 0 Å². The van der Waals surface area contributed by atoms with Crippen molar-refractivity contribution >= 4 is 22.5 Å². The van der Waals surface area contributed by atoms with E-state index in [1.54, 1.807) is 6.20 Å². The molecule has 1 aromatic heterocycles. The molecule has 1 atom stereocenters. The summed E-state index contributed by atoms with van der Waals surface area (Å²) in [5, 5.41) is 4.02. The number of nitrogens with zero attached hydrogens (tertiary/aromatic N) is 2. The predicted molar refractivity (Wildman–Crippen MR) is 80.6 cm³/mol. The van der Waals surface area contributed by atoms with Gasteiger partial charge < -0.3 is 5.32 Å². The van der Waals surface area contributed by atoms with Crippen molar-refractivity contribution < 1.29 is 4.79 Å². The first-order chi connectivity index (χ1) is 9.75. The Kier molecular flexibility index (Phi) is 3.65. The van der Waals surface area contributed by atoms with Crippen molar-refractivity contribution in [1.82, 2.24) is 9.88 Å². The Balaban J connectivity index is 1.80. The molecule has 1 N–H and O–H groups in total. The molecule has 0 radical (unpaired) electrons. The highest BCUT2D eigenvalue weighted by atomic mass is 16.2. The Hall–Kier alpha value is -1.94. The van der Waals surface area contributed by atoms with Gasteiger partial charge in [0.15, 0.2) is 0 Å². The van der Waals surface area contributed by atoms with E-state index in [0.717, 1.165) is 29.7 Å². The normalized spacial score (nSPS) is 17.2. The highest BCUT2D eigenvalue weighted by Gasteiger charge is 2.24. The Morgan fingerprint density at radius 2 is 2.05 bits per heavy atom. The molecule has 4 nitrogen and oxygen atoms in total. The zero-order valence-corrected chi connectivity index (χ0v) is 11.7. The quantitative estimate of drug-likeness (QED) is 0.931. The fourth-order valence-electron chi connectivity index (χ4n) is 2.74. The van der Waals surface area contributed by atoms with E-state index in [1.807, 2.05) is 37.3 Å². The Morgan fingerprint density at radius 1 is 1.25 bits per heavy atom. The summed E-state index contributed by atoms with van der Waals surface area (Å²) >= 11 is 0. The lowest BCUT2D eigenvalue weighted by Crippen LogP contribution is -2.40. The second-order valence-electron chi connectivity index (χ2n) is 5.28. The van der Waals surface area contributed by atoms with Gasteiger partial charge in [0.1, 0.15) is 0 Å². The number of aromatic nitrogens is 1. The number of benzene rings is 1. The molecule has 1 saturated heterocycles. The third-order valence-electron chi connectivity index (χ3n) is 3.97. The molecule has 3 rings (SSSR count). The molecule has 1 fully saturated rings. The third kappa shape index (κ3) is 2.51. The standard InChI is InChI=1S/C16H19N3O/c1-12(19-10-2-3-11-19)16(20)18-15-8-4-7-14-13(15)6-5-9-17-14/h4-9,12H,2-3,10-11H2,1H3,(H,18,20). The molecule has 0 bridgehead atoms. The maximum absolute atomic E-state index is 12.4. The van der Waals surface area contributed by atoms with E-state index < -0.39 is 0 Å². The van der Waals surface area contributed by atoms with Crippen LogP contribution in [-0.2, 0) is 4.79 Å². The van der Waals surface area contributed by atoms with E-state index in [0.29, 0.717) is 0 Å². The minimum atomic E-state index is -0.0792. The van der Waals surface area contributed by atoms with Crippen LogP contribution in [-0.4, -0.2) is 34.9 Å². The highest BCUT2D eigenvalue weighted by Crippen LogP contribution is 2.22. The summed E-state index contributed by atoms with van der Waals surface area (Å²) in [5.74, 6) is 0.0586. The second-order valence-corrected chi connectivity index (χ2v) is 5.28. The van der Waals surface area contributed by atoms with Gasteiger partial charge in [-0.15, -0.1) is 0 Å². The molecule has 1 unspecified atom stereocenters. The Labute approximate surface area is 118 Å². The number of amides is 1. The summed E-state index contributed by atoms with van der Waals surface area (Å²) in [5.41, 5.74) is 1.74. The van der Waals surface area contributed by atoms with Gasteiger partial charge in [0.25, 0.3) is 0 Å². The lowest BCUT2D eigenvalue weighted by molar-refractivity contribution is -0.120. The number of hydrogen-bond acceptors (Lipinski definition) is 3. The molecule has 1 aromatic carbocycles. The molecular formula is C16H19N3O. The zero-order valence-electron chi connectivity index (χ0n) is 11.7. The van der Waals surface area contributed by atoms with Crippen LogP contribution < -0.4 is 5.32 Å². The molecular weight excluding hydrogens is 250 g/mol. The summed E-state index contributed by atoms with van der Waals surface area (Å²) in [6, 6.07) is 9.60. The number of likely N-dealkylation sites (tertiary alicyclic amines) is 1. The number of hydrogen-bond donors (Lipinski definition) is 1. The van der Waals surface area contributed by atoms with Gasteiger partial charge >= 0.3 is 0 Å². The highest BCUT2D eigenvalue weighted by molar-refractivity contribution is 6.02. The maximum Gasteiger partial charge on any atom is 0.241 e. The lowest BCUT2D eigenvalue weighted by atomic mass is 10.1. The number of nitrogens with one attached hydrogen (secondary N) is 1. The molecule has 0 saturated carbocycles. The van der Waals surface area contributed by atoms with Crippen molar-refractivity contribution in [2.45, 2.75) is 25.8 Å². The third-order valence-corrected chi connectivity index (χ3v) is 3.97. The van der Waals surface area contributed by atoms with Gasteiger partial charge in [-0.25, -0.2) is 0 Å². The number of pyridine rings is 1. The van der Waals surface area contributed by atoms with E-state index >= 15 is 0 Å². The van der Waals surface area contributed by atoms with E-state index in [1.165, 1.54) is 12.8 Å². The number of fused-ring (bicyclic) bond motifs is 1. The monoisotopic (exact) mass is 269 g/mol. The van der Waals surface area contributed by atoms with Crippen LogP contribution in [0.4, 0.5) is 5.69 Å². The second kappa shape index (κ2) is 5.59. The first-order valence-corrected chi connectivity index (χ1v) is 7.14. The fourth-order valence-corrected chi connectivity index (χ4v) is 2.74. The molecule has 1 aliphatic heterocycles. The van der Waals surface area contributed by atoms with Crippen molar-refractivity contribution in [3.8, 4) is 0 Å². The van der Waals surface area contributed by atoms with Crippen molar-refractivity contribution in [2.24, 2.45) is 0 Å². The molecule has 20 heavy (non-hydrogen) atoms. The van der Waals surface area contributed by atoms with Gasteiger partial charge in [-0.05, 0) is 57.1 Å². The zero-order chi connectivity index (χ0) is 13.9. The summed E-state index contributed by atoms with van der Waals surface area (Å²) < 4.78 is 0. The van der Waals surface area contributed by atoms with E-state index in [4.69, 9.17) is 0 Å². The average molecular weight is 269 g/mol. The van der Waals surface area contributed by atoms with Crippen molar-refractivity contribution in [1.29, 1.82) is 0 Å². The average Bonchev–Trinajstić information content (AvgIpc) is 3.01. The van der Waals surface area contributed by atoms with Crippen molar-refractivity contribution in [2.75, 3.05) is 18.4 Å². The van der Waals surface area contributed by atoms with Gasteiger partial charge in [-0.2, -0.15) is 0 Å². The first-order valence-electron chi connectivity index (χ1n) is 7.14. The molecule has 2 aromatic rings. The predicted octanol–water partition coefficient (Wildman–Crippen LogP) is 2.66. The van der Waals surface area contributed by atoms with Crippen LogP contribution in [0.15, 0.2) is 36.5 Å². The van der Waals surface area contributed by atoms with Crippen LogP contribution in [0.1, 0.15) is 19.8 Å². The summed E-state index contributed by atoms with van der Waals surface area (Å²) in [6.45, 7) is 4.02. The van der Waals surface area contributed by atoms with Crippen LogP contribution in [0.25, 0.3) is 10.9 Å². The summed E-state index contributed by atoms with van der Waals surface area (Å²) in [4.78, 5) is 18.9. The van der Waals surface area contributed by atoms with Gasteiger partial charge in [0, 0.05) is 11.6 Å². The lowest BCUT2D eigenvalue weighted by Gasteiger charge is -2.23. The molecule has 4 heteroatoms. The maximum atomic E-state index is 12.4. The van der Waals surface area contributed by atoms with E-state index in [2.05, 4.69) is 15.2 Å². The molecule has 1 aliphatic rings. The molecule has 0 spiro atoms. The van der Waals surface area contributed by atoms with Gasteiger partial charge in [-0.1, -0.05) is 6.07 Å².